The summed E-state index contributed by atoms with van der Waals surface area (Å²) < 4.78 is 9.12. The van der Waals surface area contributed by atoms with E-state index in [9.17, 15) is 4.21 Å². The lowest BCUT2D eigenvalue weighted by atomic mass is 10.4. The van der Waals surface area contributed by atoms with Crippen LogP contribution in [0.3, 0.4) is 0 Å². The summed E-state index contributed by atoms with van der Waals surface area (Å²) in [6.07, 6.45) is 0.687. The molecule has 0 bridgehead atoms. The van der Waals surface area contributed by atoms with E-state index in [-0.39, 0.29) is 5.25 Å². The van der Waals surface area contributed by atoms with Gasteiger partial charge in [-0.25, -0.2) is 0 Å². The quantitative estimate of drug-likeness (QED) is 0.439. The molecule has 8 heavy (non-hydrogen) atoms. The summed E-state index contributed by atoms with van der Waals surface area (Å²) in [5, 5.41) is 8.63. The lowest BCUT2D eigenvalue weighted by molar-refractivity contribution is 0.251. The Bertz CT molecular complexity index is 134. The molecule has 1 saturated heterocycles. The molecule has 48 valence electrons. The van der Waals surface area contributed by atoms with Crippen molar-refractivity contribution < 1.29 is 9.32 Å². The van der Waals surface area contributed by atoms with Crippen molar-refractivity contribution in [1.29, 1.82) is 0 Å². The molecule has 2 nitrogen and oxygen atoms in total. The third-order valence-corrected chi connectivity index (χ3v) is 3.89. The topological polar surface area (TPSA) is 37.3 Å². The lowest BCUT2D eigenvalue weighted by Gasteiger charge is -1.87. The first-order chi connectivity index (χ1) is 3.60. The second kappa shape index (κ2) is 1.69. The summed E-state index contributed by atoms with van der Waals surface area (Å²) in [5.41, 5.74) is 0. The zero-order chi connectivity index (χ0) is 6.36. The van der Waals surface area contributed by atoms with Crippen molar-refractivity contribution in [3.05, 3.63) is 0 Å². The molecule has 0 aromatic rings. The van der Waals surface area contributed by atoms with Gasteiger partial charge in [0.15, 0.2) is 0 Å². The Morgan fingerprint density at radius 1 is 2.00 bits per heavy atom. The molecule has 1 rings (SSSR count). The normalized spacial score (nSPS) is 53.9. The van der Waals surface area contributed by atoms with Crippen LogP contribution in [0.25, 0.3) is 0 Å². The van der Waals surface area contributed by atoms with Gasteiger partial charge in [0.2, 0.25) is 4.39 Å². The fourth-order valence-corrected chi connectivity index (χ4v) is 2.35. The maximum atomic E-state index is 10.5. The molecule has 1 N–H and O–H groups in total. The SMILES string of the molecule is CCC1S(=O)C1(O)Cl. The third kappa shape index (κ3) is 0.694. The molecular weight excluding hydrogens is 148 g/mol. The zero-order valence-corrected chi connectivity index (χ0v) is 6.00. The second-order valence-electron chi connectivity index (χ2n) is 1.80. The van der Waals surface area contributed by atoms with E-state index in [0.717, 1.165) is 0 Å². The summed E-state index contributed by atoms with van der Waals surface area (Å²) in [6, 6.07) is 0. The molecule has 0 amide bonds. The van der Waals surface area contributed by atoms with Gasteiger partial charge in [-0.15, -0.1) is 0 Å². The van der Waals surface area contributed by atoms with Crippen molar-refractivity contribution in [3.63, 3.8) is 0 Å². The van der Waals surface area contributed by atoms with Gasteiger partial charge in [0.1, 0.15) is 0 Å². The Kier molecular flexibility index (Phi) is 1.38. The van der Waals surface area contributed by atoms with E-state index in [0.29, 0.717) is 6.42 Å². The third-order valence-electron chi connectivity index (χ3n) is 1.25. The van der Waals surface area contributed by atoms with Crippen molar-refractivity contribution >= 4 is 22.4 Å². The van der Waals surface area contributed by atoms with Gasteiger partial charge in [-0.1, -0.05) is 18.5 Å². The van der Waals surface area contributed by atoms with Crippen LogP contribution in [0.2, 0.25) is 0 Å². The van der Waals surface area contributed by atoms with Gasteiger partial charge in [-0.2, -0.15) is 0 Å². The zero-order valence-electron chi connectivity index (χ0n) is 4.43. The molecule has 1 aliphatic heterocycles. The van der Waals surface area contributed by atoms with Gasteiger partial charge < -0.3 is 5.11 Å². The van der Waals surface area contributed by atoms with Crippen molar-refractivity contribution in [2.75, 3.05) is 0 Å². The molecule has 0 aromatic heterocycles. The highest BCUT2D eigenvalue weighted by atomic mass is 35.5. The Morgan fingerprint density at radius 2 is 2.38 bits per heavy atom. The van der Waals surface area contributed by atoms with E-state index in [1.807, 2.05) is 6.92 Å². The maximum absolute atomic E-state index is 10.5. The molecule has 1 fully saturated rings. The van der Waals surface area contributed by atoms with Crippen LogP contribution in [0.15, 0.2) is 0 Å². The van der Waals surface area contributed by atoms with Gasteiger partial charge in [-0.05, 0) is 6.42 Å². The van der Waals surface area contributed by atoms with Gasteiger partial charge in [-0.3, -0.25) is 4.21 Å². The first kappa shape index (κ1) is 6.52. The van der Waals surface area contributed by atoms with E-state index >= 15 is 0 Å². The minimum absolute atomic E-state index is 0.191. The van der Waals surface area contributed by atoms with Crippen LogP contribution in [0.5, 0.6) is 0 Å². The molecule has 4 heteroatoms. The van der Waals surface area contributed by atoms with E-state index in [1.165, 1.54) is 0 Å². The minimum Gasteiger partial charge on any atom is -0.364 e. The van der Waals surface area contributed by atoms with Crippen molar-refractivity contribution in [3.8, 4) is 0 Å². The molecule has 3 unspecified atom stereocenters. The molecule has 1 aliphatic rings. The number of aliphatic hydroxyl groups is 1. The van der Waals surface area contributed by atoms with E-state index in [2.05, 4.69) is 0 Å². The highest BCUT2D eigenvalue weighted by Gasteiger charge is 2.61. The molecule has 0 spiro atoms. The average Bonchev–Trinajstić information content (AvgIpc) is 2.09. The van der Waals surface area contributed by atoms with Crippen LogP contribution in [0.4, 0.5) is 0 Å². The predicted octanol–water partition coefficient (Wildman–Crippen LogP) is 0.412. The molecule has 1 heterocycles. The smallest absolute Gasteiger partial charge is 0.230 e. The van der Waals surface area contributed by atoms with Crippen molar-refractivity contribution in [1.82, 2.24) is 0 Å². The number of rotatable bonds is 1. The first-order valence-corrected chi connectivity index (χ1v) is 4.01. The minimum atomic E-state index is -1.38. The number of alkyl halides is 1. The summed E-state index contributed by atoms with van der Waals surface area (Å²) in [7, 11) is -1.19. The standard InChI is InChI=1S/C4H7ClO2S/c1-2-3-4(5,6)8(3)7/h3,6H,2H2,1H3. The van der Waals surface area contributed by atoms with Crippen LogP contribution in [-0.4, -0.2) is 19.0 Å². The fourth-order valence-electron chi connectivity index (χ4n) is 0.662. The van der Waals surface area contributed by atoms with Gasteiger partial charge in [0, 0.05) is 0 Å². The largest absolute Gasteiger partial charge is 0.364 e. The number of halogens is 1. The monoisotopic (exact) mass is 154 g/mol. The molecule has 0 aliphatic carbocycles. The molecule has 0 radical (unpaired) electrons. The fraction of sp³-hybridized carbons (Fsp3) is 1.00. The second-order valence-corrected chi connectivity index (χ2v) is 4.39. The van der Waals surface area contributed by atoms with E-state index in [1.54, 1.807) is 0 Å². The Morgan fingerprint density at radius 3 is 2.38 bits per heavy atom. The van der Waals surface area contributed by atoms with E-state index < -0.39 is 15.2 Å². The van der Waals surface area contributed by atoms with Gasteiger partial charge >= 0.3 is 0 Å². The summed E-state index contributed by atoms with van der Waals surface area (Å²) in [5.74, 6) is 0. The summed E-state index contributed by atoms with van der Waals surface area (Å²) in [4.78, 5) is 0. The number of hydrogen-bond acceptors (Lipinski definition) is 2. The maximum Gasteiger partial charge on any atom is 0.230 e. The number of hydrogen-bond donors (Lipinski definition) is 1. The first-order valence-electron chi connectivity index (χ1n) is 2.42. The highest BCUT2D eigenvalue weighted by molar-refractivity contribution is 7.96. The molecule has 3 atom stereocenters. The van der Waals surface area contributed by atoms with Gasteiger partial charge in [0.25, 0.3) is 0 Å². The van der Waals surface area contributed by atoms with Crippen LogP contribution < -0.4 is 0 Å². The molecular formula is C4H7ClO2S. The highest BCUT2D eigenvalue weighted by Crippen LogP contribution is 2.44. The molecule has 0 saturated carbocycles. The van der Waals surface area contributed by atoms with Crippen LogP contribution in [0.1, 0.15) is 13.3 Å². The van der Waals surface area contributed by atoms with E-state index in [4.69, 9.17) is 16.7 Å². The predicted molar refractivity (Wildman–Crippen MR) is 33.0 cm³/mol. The van der Waals surface area contributed by atoms with Crippen LogP contribution in [-0.2, 0) is 10.8 Å². The van der Waals surface area contributed by atoms with Crippen LogP contribution >= 0.6 is 11.6 Å². The van der Waals surface area contributed by atoms with Crippen molar-refractivity contribution in [2.24, 2.45) is 0 Å². The molecule has 0 aromatic carbocycles. The summed E-state index contributed by atoms with van der Waals surface area (Å²) in [6.45, 7) is 1.85. The lowest BCUT2D eigenvalue weighted by Crippen LogP contribution is -2.01. The Labute approximate surface area is 55.3 Å². The Hall–Kier alpha value is 0.400. The summed E-state index contributed by atoms with van der Waals surface area (Å²) >= 11 is 5.31. The van der Waals surface area contributed by atoms with Crippen molar-refractivity contribution in [2.45, 2.75) is 23.0 Å². The van der Waals surface area contributed by atoms with Crippen LogP contribution in [0, 0.1) is 0 Å². The van der Waals surface area contributed by atoms with Gasteiger partial charge in [0.05, 0.1) is 16.0 Å². The average molecular weight is 155 g/mol. The Balaban J connectivity index is 2.58.